The van der Waals surface area contributed by atoms with Crippen LogP contribution in [0.3, 0.4) is 0 Å². The van der Waals surface area contributed by atoms with Gasteiger partial charge in [-0.15, -0.1) is 0 Å². The predicted octanol–water partition coefficient (Wildman–Crippen LogP) is 3.13. The van der Waals surface area contributed by atoms with Crippen LogP contribution in [0.25, 0.3) is 0 Å². The van der Waals surface area contributed by atoms with Crippen molar-refractivity contribution in [3.63, 3.8) is 0 Å². The van der Waals surface area contributed by atoms with Crippen LogP contribution in [-0.2, 0) is 19.5 Å². The number of sulfonamides is 1. The van der Waals surface area contributed by atoms with Gasteiger partial charge < -0.3 is 9.47 Å². The molecule has 26 heavy (non-hydrogen) atoms. The lowest BCUT2D eigenvalue weighted by Gasteiger charge is -2.13. The van der Waals surface area contributed by atoms with Crippen LogP contribution in [-0.4, -0.2) is 34.6 Å². The molecule has 0 radical (unpaired) electrons. The lowest BCUT2D eigenvalue weighted by Crippen LogP contribution is -2.16. The SMILES string of the molecule is COC(=O)c1ccc(NS(=O)(=O)c2cccc(C)c2Br)cc1C(=O)OC. The molecule has 0 atom stereocenters. The number of anilines is 1. The summed E-state index contributed by atoms with van der Waals surface area (Å²) in [6.07, 6.45) is 0. The topological polar surface area (TPSA) is 98.8 Å². The Morgan fingerprint density at radius 1 is 1.00 bits per heavy atom. The zero-order chi connectivity index (χ0) is 19.5. The van der Waals surface area contributed by atoms with E-state index >= 15 is 0 Å². The van der Waals surface area contributed by atoms with E-state index in [1.807, 2.05) is 0 Å². The standard InChI is InChI=1S/C17H16BrNO6S/c1-10-5-4-6-14(15(10)18)26(22,23)19-11-7-8-12(16(20)24-2)13(9-11)17(21)25-3/h4-9,19H,1-3H3. The van der Waals surface area contributed by atoms with Gasteiger partial charge in [-0.2, -0.15) is 0 Å². The monoisotopic (exact) mass is 441 g/mol. The molecule has 7 nitrogen and oxygen atoms in total. The maximum absolute atomic E-state index is 12.7. The molecule has 0 aromatic heterocycles. The van der Waals surface area contributed by atoms with Gasteiger partial charge in [0.1, 0.15) is 4.90 Å². The maximum atomic E-state index is 12.7. The fraction of sp³-hybridized carbons (Fsp3) is 0.176. The number of benzene rings is 2. The molecule has 0 fully saturated rings. The molecule has 0 spiro atoms. The number of nitrogens with one attached hydrogen (secondary N) is 1. The minimum absolute atomic E-state index is 0.0287. The fourth-order valence-corrected chi connectivity index (χ4v) is 4.32. The molecule has 2 aromatic rings. The molecule has 0 unspecified atom stereocenters. The molecular weight excluding hydrogens is 426 g/mol. The fourth-order valence-electron chi connectivity index (χ4n) is 2.21. The smallest absolute Gasteiger partial charge is 0.338 e. The van der Waals surface area contributed by atoms with Crippen LogP contribution in [0.4, 0.5) is 5.69 Å². The third kappa shape index (κ3) is 4.05. The second-order valence-electron chi connectivity index (χ2n) is 5.24. The highest BCUT2D eigenvalue weighted by atomic mass is 79.9. The first-order valence-electron chi connectivity index (χ1n) is 7.30. The third-order valence-electron chi connectivity index (χ3n) is 3.53. The highest BCUT2D eigenvalue weighted by Gasteiger charge is 2.22. The number of hydrogen-bond acceptors (Lipinski definition) is 6. The second kappa shape index (κ2) is 7.88. The Labute approximate surface area is 159 Å². The molecule has 0 aliphatic rings. The average Bonchev–Trinajstić information content (AvgIpc) is 2.62. The molecule has 0 heterocycles. The van der Waals surface area contributed by atoms with Crippen molar-refractivity contribution < 1.29 is 27.5 Å². The molecule has 0 aliphatic carbocycles. The molecule has 0 saturated heterocycles. The normalized spacial score (nSPS) is 10.9. The number of esters is 2. The number of rotatable bonds is 5. The summed E-state index contributed by atoms with van der Waals surface area (Å²) in [5.74, 6) is -1.52. The Balaban J connectivity index is 2.48. The lowest BCUT2D eigenvalue weighted by molar-refractivity contribution is 0.0555. The van der Waals surface area contributed by atoms with Crippen LogP contribution in [0, 0.1) is 6.92 Å². The zero-order valence-electron chi connectivity index (χ0n) is 14.2. The molecule has 1 N–H and O–H groups in total. The summed E-state index contributed by atoms with van der Waals surface area (Å²) in [6, 6.07) is 8.71. The Kier molecular flexibility index (Phi) is 6.04. The lowest BCUT2D eigenvalue weighted by atomic mass is 10.1. The van der Waals surface area contributed by atoms with Gasteiger partial charge in [-0.1, -0.05) is 12.1 Å². The summed E-state index contributed by atoms with van der Waals surface area (Å²) >= 11 is 3.26. The van der Waals surface area contributed by atoms with Gasteiger partial charge in [0, 0.05) is 10.2 Å². The van der Waals surface area contributed by atoms with E-state index in [2.05, 4.69) is 30.1 Å². The highest BCUT2D eigenvalue weighted by molar-refractivity contribution is 9.10. The van der Waals surface area contributed by atoms with E-state index in [9.17, 15) is 18.0 Å². The van der Waals surface area contributed by atoms with Gasteiger partial charge >= 0.3 is 11.9 Å². The maximum Gasteiger partial charge on any atom is 0.338 e. The van der Waals surface area contributed by atoms with Crippen LogP contribution in [0.1, 0.15) is 26.3 Å². The van der Waals surface area contributed by atoms with Crippen molar-refractivity contribution in [2.75, 3.05) is 18.9 Å². The minimum Gasteiger partial charge on any atom is -0.465 e. The van der Waals surface area contributed by atoms with E-state index in [1.165, 1.54) is 31.4 Å². The number of halogens is 1. The van der Waals surface area contributed by atoms with Crippen LogP contribution in [0.2, 0.25) is 0 Å². The first kappa shape index (κ1) is 19.9. The van der Waals surface area contributed by atoms with Gasteiger partial charge in [0.2, 0.25) is 0 Å². The van der Waals surface area contributed by atoms with E-state index < -0.39 is 22.0 Å². The van der Waals surface area contributed by atoms with Gasteiger partial charge in [-0.3, -0.25) is 4.72 Å². The average molecular weight is 442 g/mol. The van der Waals surface area contributed by atoms with Crippen LogP contribution < -0.4 is 4.72 Å². The number of carbonyl (C=O) groups is 2. The summed E-state index contributed by atoms with van der Waals surface area (Å²) in [6.45, 7) is 1.77. The van der Waals surface area contributed by atoms with Crippen molar-refractivity contribution in [3.05, 3.63) is 57.6 Å². The van der Waals surface area contributed by atoms with Crippen molar-refractivity contribution >= 4 is 43.6 Å². The summed E-state index contributed by atoms with van der Waals surface area (Å²) in [5.41, 5.74) is 0.720. The predicted molar refractivity (Wildman–Crippen MR) is 98.8 cm³/mol. The number of hydrogen-bond donors (Lipinski definition) is 1. The molecule has 0 bridgehead atoms. The van der Waals surface area contributed by atoms with E-state index in [0.717, 1.165) is 12.7 Å². The Hall–Kier alpha value is -2.39. The van der Waals surface area contributed by atoms with E-state index in [1.54, 1.807) is 19.1 Å². The number of methoxy groups -OCH3 is 2. The Morgan fingerprint density at radius 3 is 2.23 bits per heavy atom. The quantitative estimate of drug-likeness (QED) is 0.715. The molecular formula is C17H16BrNO6S. The van der Waals surface area contributed by atoms with Crippen molar-refractivity contribution in [1.29, 1.82) is 0 Å². The minimum atomic E-state index is -3.92. The first-order chi connectivity index (χ1) is 12.2. The Bertz CT molecular complexity index is 971. The van der Waals surface area contributed by atoms with Crippen molar-refractivity contribution in [1.82, 2.24) is 0 Å². The van der Waals surface area contributed by atoms with Crippen molar-refractivity contribution in [2.45, 2.75) is 11.8 Å². The summed E-state index contributed by atoms with van der Waals surface area (Å²) < 4.78 is 37.4. The van der Waals surface area contributed by atoms with Crippen molar-refractivity contribution in [3.8, 4) is 0 Å². The van der Waals surface area contributed by atoms with Crippen LogP contribution in [0.15, 0.2) is 45.8 Å². The molecule has 0 aliphatic heterocycles. The second-order valence-corrected chi connectivity index (χ2v) is 7.68. The third-order valence-corrected chi connectivity index (χ3v) is 6.27. The number of ether oxygens (including phenoxy) is 2. The van der Waals surface area contributed by atoms with Gasteiger partial charge in [0.05, 0.1) is 25.3 Å². The van der Waals surface area contributed by atoms with E-state index in [0.29, 0.717) is 4.47 Å². The van der Waals surface area contributed by atoms with Gasteiger partial charge in [0.15, 0.2) is 0 Å². The van der Waals surface area contributed by atoms with Gasteiger partial charge in [0.25, 0.3) is 10.0 Å². The van der Waals surface area contributed by atoms with Crippen molar-refractivity contribution in [2.24, 2.45) is 0 Å². The van der Waals surface area contributed by atoms with E-state index in [-0.39, 0.29) is 21.7 Å². The van der Waals surface area contributed by atoms with E-state index in [4.69, 9.17) is 0 Å². The van der Waals surface area contributed by atoms with Gasteiger partial charge in [-0.05, 0) is 52.7 Å². The summed E-state index contributed by atoms with van der Waals surface area (Å²) in [7, 11) is -1.59. The molecule has 2 rings (SSSR count). The largest absolute Gasteiger partial charge is 0.465 e. The highest BCUT2D eigenvalue weighted by Crippen LogP contribution is 2.28. The molecule has 0 amide bonds. The summed E-state index contributed by atoms with van der Waals surface area (Å²) in [5, 5.41) is 0. The van der Waals surface area contributed by atoms with Crippen LogP contribution >= 0.6 is 15.9 Å². The van der Waals surface area contributed by atoms with Gasteiger partial charge in [-0.25, -0.2) is 18.0 Å². The molecule has 2 aromatic carbocycles. The number of aryl methyl sites for hydroxylation is 1. The Morgan fingerprint density at radius 2 is 1.62 bits per heavy atom. The molecule has 138 valence electrons. The zero-order valence-corrected chi connectivity index (χ0v) is 16.6. The first-order valence-corrected chi connectivity index (χ1v) is 9.57. The number of carbonyl (C=O) groups excluding carboxylic acids is 2. The molecule has 9 heteroatoms. The van der Waals surface area contributed by atoms with Crippen LogP contribution in [0.5, 0.6) is 0 Å². The summed E-state index contributed by atoms with van der Waals surface area (Å²) in [4.78, 5) is 23.8. The molecule has 0 saturated carbocycles.